The van der Waals surface area contributed by atoms with Gasteiger partial charge in [-0.3, -0.25) is 0 Å². The Morgan fingerprint density at radius 1 is 1.29 bits per heavy atom. The van der Waals surface area contributed by atoms with E-state index in [4.69, 9.17) is 4.74 Å². The molecule has 2 heterocycles. The zero-order chi connectivity index (χ0) is 21.6. The van der Waals surface area contributed by atoms with Crippen LogP contribution in [0.1, 0.15) is 30.1 Å². The van der Waals surface area contributed by atoms with Crippen LogP contribution in [-0.4, -0.2) is 46.3 Å². The van der Waals surface area contributed by atoms with Crippen molar-refractivity contribution in [3.63, 3.8) is 0 Å². The topological polar surface area (TPSA) is 85.6 Å². The van der Waals surface area contributed by atoms with Crippen LogP contribution in [0, 0.1) is 6.92 Å². The van der Waals surface area contributed by atoms with Gasteiger partial charge in [0.1, 0.15) is 11.6 Å². The number of benzene rings is 1. The van der Waals surface area contributed by atoms with Crippen LogP contribution in [0.25, 0.3) is 0 Å². The molecular weight excluding hydrogens is 528 g/mol. The summed E-state index contributed by atoms with van der Waals surface area (Å²) in [6.45, 7) is 3.48. The maximum absolute atomic E-state index is 12.7. The van der Waals surface area contributed by atoms with E-state index >= 15 is 0 Å². The normalized spacial score (nSPS) is 16.7. The van der Waals surface area contributed by atoms with Gasteiger partial charge in [0.15, 0.2) is 11.8 Å². The van der Waals surface area contributed by atoms with Crippen molar-refractivity contribution in [2.75, 3.05) is 13.2 Å². The summed E-state index contributed by atoms with van der Waals surface area (Å²) in [5, 5.41) is 14.4. The number of aryl methyl sites for hydroxylation is 1. The van der Waals surface area contributed by atoms with Gasteiger partial charge in [-0.2, -0.15) is 0 Å². The van der Waals surface area contributed by atoms with Crippen molar-refractivity contribution in [1.82, 2.24) is 25.4 Å². The van der Waals surface area contributed by atoms with Gasteiger partial charge in [0, 0.05) is 25.8 Å². The van der Waals surface area contributed by atoms with E-state index in [0.29, 0.717) is 30.4 Å². The lowest BCUT2D eigenvalue weighted by Gasteiger charge is -2.16. The summed E-state index contributed by atoms with van der Waals surface area (Å²) in [6.07, 6.45) is -2.73. The van der Waals surface area contributed by atoms with E-state index in [-0.39, 0.29) is 42.4 Å². The van der Waals surface area contributed by atoms with Gasteiger partial charge in [0.05, 0.1) is 19.2 Å². The second-order valence-corrected chi connectivity index (χ2v) is 6.91. The minimum atomic E-state index is -4.76. The predicted molar refractivity (Wildman–Crippen MR) is 119 cm³/mol. The summed E-state index contributed by atoms with van der Waals surface area (Å²) >= 11 is 0. The van der Waals surface area contributed by atoms with Crippen LogP contribution in [0.4, 0.5) is 13.2 Å². The van der Waals surface area contributed by atoms with E-state index in [1.54, 1.807) is 12.1 Å². The molecular formula is C19H26F3IN6O2. The molecule has 1 saturated heterocycles. The second-order valence-electron chi connectivity index (χ2n) is 6.91. The fourth-order valence-corrected chi connectivity index (χ4v) is 2.98. The Bertz CT molecular complexity index is 869. The minimum Gasteiger partial charge on any atom is -0.405 e. The number of guanidine groups is 1. The van der Waals surface area contributed by atoms with Gasteiger partial charge in [0.25, 0.3) is 0 Å². The highest BCUT2D eigenvalue weighted by Crippen LogP contribution is 2.26. The molecule has 0 aliphatic carbocycles. The fourth-order valence-electron chi connectivity index (χ4n) is 2.98. The van der Waals surface area contributed by atoms with Crippen molar-refractivity contribution < 1.29 is 22.6 Å². The molecule has 1 aromatic carbocycles. The second kappa shape index (κ2) is 11.5. The molecule has 0 bridgehead atoms. The molecule has 0 spiro atoms. The van der Waals surface area contributed by atoms with Crippen molar-refractivity contribution in [3.05, 3.63) is 41.5 Å². The summed E-state index contributed by atoms with van der Waals surface area (Å²) in [6, 6.07) is 5.95. The lowest BCUT2D eigenvalue weighted by Crippen LogP contribution is -2.41. The SMILES string of the molecule is Cc1nnc(CNC(=NCc2ccccc2OC(F)(F)F)NCC2CCCO2)n1C.I. The largest absolute Gasteiger partial charge is 0.573 e. The number of rotatable bonds is 7. The Balaban J connectivity index is 0.00000341. The number of hydrogen-bond acceptors (Lipinski definition) is 5. The van der Waals surface area contributed by atoms with E-state index in [2.05, 4.69) is 30.6 Å². The lowest BCUT2D eigenvalue weighted by molar-refractivity contribution is -0.274. The average Bonchev–Trinajstić information content (AvgIpc) is 3.32. The zero-order valence-corrected chi connectivity index (χ0v) is 19.6. The number of nitrogens with zero attached hydrogens (tertiary/aromatic N) is 4. The molecule has 2 N–H and O–H groups in total. The van der Waals surface area contributed by atoms with Crippen LogP contribution in [0.2, 0.25) is 0 Å². The van der Waals surface area contributed by atoms with Gasteiger partial charge in [-0.05, 0) is 25.8 Å². The van der Waals surface area contributed by atoms with Crippen LogP contribution >= 0.6 is 24.0 Å². The predicted octanol–water partition coefficient (Wildman–Crippen LogP) is 3.05. The molecule has 0 saturated carbocycles. The molecule has 1 aromatic heterocycles. The van der Waals surface area contributed by atoms with Crippen molar-refractivity contribution in [1.29, 1.82) is 0 Å². The maximum Gasteiger partial charge on any atom is 0.573 e. The first-order valence-electron chi connectivity index (χ1n) is 9.64. The minimum absolute atomic E-state index is 0. The Hall–Kier alpha value is -2.09. The van der Waals surface area contributed by atoms with Crippen molar-refractivity contribution in [2.45, 2.75) is 45.3 Å². The molecule has 1 fully saturated rings. The molecule has 12 heteroatoms. The van der Waals surface area contributed by atoms with Crippen molar-refractivity contribution in [3.8, 4) is 5.75 Å². The van der Waals surface area contributed by atoms with Crippen LogP contribution in [0.5, 0.6) is 5.75 Å². The van der Waals surface area contributed by atoms with Gasteiger partial charge < -0.3 is 24.7 Å². The van der Waals surface area contributed by atoms with Crippen LogP contribution in [-0.2, 0) is 24.9 Å². The average molecular weight is 554 g/mol. The number of para-hydroxylation sites is 1. The van der Waals surface area contributed by atoms with Crippen LogP contribution in [0.15, 0.2) is 29.3 Å². The van der Waals surface area contributed by atoms with Gasteiger partial charge >= 0.3 is 6.36 Å². The smallest absolute Gasteiger partial charge is 0.405 e. The number of nitrogens with one attached hydrogen (secondary N) is 2. The number of hydrogen-bond donors (Lipinski definition) is 2. The Morgan fingerprint density at radius 3 is 2.71 bits per heavy atom. The maximum atomic E-state index is 12.7. The molecule has 1 atom stereocenters. The van der Waals surface area contributed by atoms with Crippen LogP contribution < -0.4 is 15.4 Å². The van der Waals surface area contributed by atoms with E-state index in [1.165, 1.54) is 12.1 Å². The molecule has 172 valence electrons. The molecule has 1 unspecified atom stereocenters. The molecule has 2 aromatic rings. The first-order chi connectivity index (χ1) is 14.3. The molecule has 8 nitrogen and oxygen atoms in total. The Kier molecular flexibility index (Phi) is 9.34. The number of ether oxygens (including phenoxy) is 2. The first-order valence-corrected chi connectivity index (χ1v) is 9.64. The Labute approximate surface area is 195 Å². The molecule has 1 aliphatic rings. The lowest BCUT2D eigenvalue weighted by atomic mass is 10.2. The van der Waals surface area contributed by atoms with Gasteiger partial charge in [-0.1, -0.05) is 18.2 Å². The number of halogens is 4. The summed E-state index contributed by atoms with van der Waals surface area (Å²) in [5.41, 5.74) is 0.322. The van der Waals surface area contributed by atoms with E-state index in [0.717, 1.165) is 25.3 Å². The monoisotopic (exact) mass is 554 g/mol. The van der Waals surface area contributed by atoms with Crippen LogP contribution in [0.3, 0.4) is 0 Å². The standard InChI is InChI=1S/C19H25F3N6O2.HI/c1-13-26-27-17(28(13)2)12-25-18(24-11-15-7-5-9-29-15)23-10-14-6-3-4-8-16(14)30-19(20,21)22;/h3-4,6,8,15H,5,7,9-12H2,1-2H3,(H2,23,24,25);1H. The zero-order valence-electron chi connectivity index (χ0n) is 17.3. The van der Waals surface area contributed by atoms with Crippen molar-refractivity contribution in [2.24, 2.45) is 12.0 Å². The third kappa shape index (κ3) is 7.83. The highest BCUT2D eigenvalue weighted by Gasteiger charge is 2.31. The van der Waals surface area contributed by atoms with Gasteiger partial charge in [-0.25, -0.2) is 4.99 Å². The molecule has 1 aliphatic heterocycles. The third-order valence-corrected chi connectivity index (χ3v) is 4.72. The summed E-state index contributed by atoms with van der Waals surface area (Å²) < 4.78 is 49.5. The number of aliphatic imine (C=N–C) groups is 1. The summed E-state index contributed by atoms with van der Waals surface area (Å²) in [5.74, 6) is 1.65. The van der Waals surface area contributed by atoms with Gasteiger partial charge in [-0.15, -0.1) is 47.3 Å². The van der Waals surface area contributed by atoms with Gasteiger partial charge in [0.2, 0.25) is 0 Å². The van der Waals surface area contributed by atoms with E-state index < -0.39 is 6.36 Å². The van der Waals surface area contributed by atoms with Crippen molar-refractivity contribution >= 4 is 29.9 Å². The summed E-state index contributed by atoms with van der Waals surface area (Å²) in [4.78, 5) is 4.43. The molecule has 0 radical (unpaired) electrons. The quantitative estimate of drug-likeness (QED) is 0.311. The molecule has 31 heavy (non-hydrogen) atoms. The Morgan fingerprint density at radius 2 is 2.06 bits per heavy atom. The van der Waals surface area contributed by atoms with E-state index in [1.807, 2.05) is 18.5 Å². The fraction of sp³-hybridized carbons (Fsp3) is 0.526. The highest BCUT2D eigenvalue weighted by molar-refractivity contribution is 14.0. The first kappa shape index (κ1) is 25.2. The van der Waals surface area contributed by atoms with E-state index in [9.17, 15) is 13.2 Å². The number of aromatic nitrogens is 3. The third-order valence-electron chi connectivity index (χ3n) is 4.72. The highest BCUT2D eigenvalue weighted by atomic mass is 127. The number of alkyl halides is 3. The molecule has 0 amide bonds. The summed E-state index contributed by atoms with van der Waals surface area (Å²) in [7, 11) is 1.85. The molecule has 3 rings (SSSR count).